The van der Waals surface area contributed by atoms with Gasteiger partial charge in [0, 0.05) is 38.3 Å². The Morgan fingerprint density at radius 2 is 1.89 bits per heavy atom. The first-order valence-electron chi connectivity index (χ1n) is 8.93. The van der Waals surface area contributed by atoms with Crippen molar-refractivity contribution in [2.24, 2.45) is 5.41 Å². The van der Waals surface area contributed by atoms with E-state index in [0.717, 1.165) is 36.9 Å². The van der Waals surface area contributed by atoms with Crippen molar-refractivity contribution in [1.82, 2.24) is 4.98 Å². The van der Waals surface area contributed by atoms with Crippen molar-refractivity contribution >= 4 is 38.2 Å². The number of aliphatic carboxylic acids is 1. The van der Waals surface area contributed by atoms with E-state index >= 15 is 0 Å². The summed E-state index contributed by atoms with van der Waals surface area (Å²) in [6.45, 7) is 3.49. The molecule has 0 unspecified atom stereocenters. The van der Waals surface area contributed by atoms with Crippen LogP contribution in [0.2, 0.25) is 0 Å². The van der Waals surface area contributed by atoms with Crippen LogP contribution in [0.5, 0.6) is 0 Å². The van der Waals surface area contributed by atoms with E-state index in [1.807, 2.05) is 54.9 Å². The minimum absolute atomic E-state index is 0.467. The number of pyridine rings is 1. The van der Waals surface area contributed by atoms with Crippen molar-refractivity contribution in [3.8, 4) is 17.2 Å². The predicted octanol–water partition coefficient (Wildman–Crippen LogP) is 5.64. The first kappa shape index (κ1) is 18.1. The number of nitrogens with zero attached hydrogens (tertiary/aromatic N) is 2. The number of benzene rings is 2. The summed E-state index contributed by atoms with van der Waals surface area (Å²) in [5.41, 5.74) is 1.85. The molecule has 0 amide bonds. The Balaban J connectivity index is 1.90. The van der Waals surface area contributed by atoms with E-state index in [1.165, 1.54) is 0 Å². The Hall–Kier alpha value is -3.23. The number of carboxylic acids is 1. The minimum Gasteiger partial charge on any atom is -0.481 e. The van der Waals surface area contributed by atoms with Crippen LogP contribution in [0.3, 0.4) is 0 Å². The van der Waals surface area contributed by atoms with Crippen molar-refractivity contribution in [2.45, 2.75) is 20.3 Å². The molecule has 2 aromatic heterocycles. The van der Waals surface area contributed by atoms with Crippen molar-refractivity contribution < 1.29 is 9.90 Å². The molecule has 0 aliphatic rings. The summed E-state index contributed by atoms with van der Waals surface area (Å²) in [5.74, 6) is -0.804. The zero-order valence-corrected chi connectivity index (χ0v) is 16.4. The summed E-state index contributed by atoms with van der Waals surface area (Å²) in [6.07, 6.45) is 4.13. The number of rotatable bonds is 4. The third-order valence-electron chi connectivity index (χ3n) is 5.00. The van der Waals surface area contributed by atoms with E-state index in [9.17, 15) is 15.2 Å². The van der Waals surface area contributed by atoms with E-state index in [-0.39, 0.29) is 0 Å². The average Bonchev–Trinajstić information content (AvgIpc) is 3.08. The SMILES string of the molecule is CC(C)(Cc1cc2cncc(-c3ccc(C#N)c4ccccc34)c2s1)C(=O)O. The fourth-order valence-corrected chi connectivity index (χ4v) is 4.82. The van der Waals surface area contributed by atoms with E-state index in [4.69, 9.17) is 0 Å². The second-order valence-corrected chi connectivity index (χ2v) is 8.64. The number of carboxylic acid groups (broad SMARTS) is 1. The molecule has 0 radical (unpaired) electrons. The number of carbonyl (C=O) groups is 1. The lowest BCUT2D eigenvalue weighted by Crippen LogP contribution is -2.25. The van der Waals surface area contributed by atoms with E-state index in [2.05, 4.69) is 11.1 Å². The molecular formula is C23H18N2O2S. The lowest BCUT2D eigenvalue weighted by atomic mass is 9.89. The summed E-state index contributed by atoms with van der Waals surface area (Å²) >= 11 is 1.61. The van der Waals surface area contributed by atoms with Gasteiger partial charge >= 0.3 is 5.97 Å². The first-order valence-corrected chi connectivity index (χ1v) is 9.74. The summed E-state index contributed by atoms with van der Waals surface area (Å²) in [7, 11) is 0. The predicted molar refractivity (Wildman–Crippen MR) is 112 cm³/mol. The highest BCUT2D eigenvalue weighted by molar-refractivity contribution is 7.19. The van der Waals surface area contributed by atoms with Crippen molar-refractivity contribution in [1.29, 1.82) is 5.26 Å². The van der Waals surface area contributed by atoms with Crippen LogP contribution in [-0.2, 0) is 11.2 Å². The second kappa shape index (κ2) is 6.74. The minimum atomic E-state index is -0.824. The Morgan fingerprint density at radius 3 is 2.61 bits per heavy atom. The van der Waals surface area contributed by atoms with Gasteiger partial charge in [-0.2, -0.15) is 5.26 Å². The van der Waals surface area contributed by atoms with Crippen molar-refractivity contribution in [3.05, 3.63) is 65.3 Å². The van der Waals surface area contributed by atoms with Gasteiger partial charge in [0.1, 0.15) is 0 Å². The van der Waals surface area contributed by atoms with E-state index < -0.39 is 11.4 Å². The quantitative estimate of drug-likeness (QED) is 0.492. The summed E-state index contributed by atoms with van der Waals surface area (Å²) in [4.78, 5) is 16.9. The van der Waals surface area contributed by atoms with Crippen LogP contribution in [0, 0.1) is 16.7 Å². The number of nitriles is 1. The topological polar surface area (TPSA) is 74.0 Å². The summed E-state index contributed by atoms with van der Waals surface area (Å²) in [5, 5.41) is 21.8. The molecule has 2 aromatic carbocycles. The van der Waals surface area contributed by atoms with Crippen LogP contribution < -0.4 is 0 Å². The Morgan fingerprint density at radius 1 is 1.14 bits per heavy atom. The van der Waals surface area contributed by atoms with E-state index in [0.29, 0.717) is 12.0 Å². The van der Waals surface area contributed by atoms with Crippen molar-refractivity contribution in [2.75, 3.05) is 0 Å². The molecule has 0 saturated carbocycles. The highest BCUT2D eigenvalue weighted by Gasteiger charge is 2.28. The van der Waals surface area contributed by atoms with Gasteiger partial charge in [0.25, 0.3) is 0 Å². The van der Waals surface area contributed by atoms with Gasteiger partial charge in [-0.3, -0.25) is 9.78 Å². The molecular weight excluding hydrogens is 368 g/mol. The molecule has 5 heteroatoms. The Labute approximate surface area is 166 Å². The maximum absolute atomic E-state index is 11.5. The van der Waals surface area contributed by atoms with Gasteiger partial charge in [-0.25, -0.2) is 0 Å². The van der Waals surface area contributed by atoms with Crippen LogP contribution in [-0.4, -0.2) is 16.1 Å². The van der Waals surface area contributed by atoms with Gasteiger partial charge in [-0.15, -0.1) is 11.3 Å². The molecule has 0 spiro atoms. The lowest BCUT2D eigenvalue weighted by molar-refractivity contribution is -0.146. The van der Waals surface area contributed by atoms with Crippen LogP contribution in [0.15, 0.2) is 54.9 Å². The highest BCUT2D eigenvalue weighted by Crippen LogP contribution is 2.39. The van der Waals surface area contributed by atoms with Crippen LogP contribution >= 0.6 is 11.3 Å². The molecule has 138 valence electrons. The number of thiophene rings is 1. The van der Waals surface area contributed by atoms with Crippen LogP contribution in [0.25, 0.3) is 32.0 Å². The first-order chi connectivity index (χ1) is 13.4. The van der Waals surface area contributed by atoms with Gasteiger partial charge in [0.15, 0.2) is 0 Å². The summed E-state index contributed by atoms with van der Waals surface area (Å²) < 4.78 is 1.08. The molecule has 0 bridgehead atoms. The van der Waals surface area contributed by atoms with Crippen molar-refractivity contribution in [3.63, 3.8) is 0 Å². The zero-order chi connectivity index (χ0) is 19.9. The molecule has 4 rings (SSSR count). The molecule has 0 fully saturated rings. The summed E-state index contributed by atoms with van der Waals surface area (Å²) in [6, 6.07) is 16.0. The molecule has 4 nitrogen and oxygen atoms in total. The van der Waals surface area contributed by atoms with Crippen LogP contribution in [0.1, 0.15) is 24.3 Å². The number of aromatic nitrogens is 1. The molecule has 0 saturated heterocycles. The van der Waals surface area contributed by atoms with Gasteiger partial charge in [-0.1, -0.05) is 30.3 Å². The molecule has 28 heavy (non-hydrogen) atoms. The highest BCUT2D eigenvalue weighted by atomic mass is 32.1. The van der Waals surface area contributed by atoms with E-state index in [1.54, 1.807) is 25.2 Å². The van der Waals surface area contributed by atoms with Gasteiger partial charge in [0.2, 0.25) is 0 Å². The molecule has 0 atom stereocenters. The monoisotopic (exact) mass is 386 g/mol. The molecule has 4 aromatic rings. The molecule has 1 N–H and O–H groups in total. The molecule has 0 aliphatic heterocycles. The lowest BCUT2D eigenvalue weighted by Gasteiger charge is -2.17. The van der Waals surface area contributed by atoms with Gasteiger partial charge in [-0.05, 0) is 43.4 Å². The Kier molecular flexibility index (Phi) is 4.37. The van der Waals surface area contributed by atoms with Gasteiger partial charge < -0.3 is 5.11 Å². The standard InChI is InChI=1S/C23H18N2O2S/c1-23(2,22(26)27)10-16-9-15-12-25-13-20(21(15)28-16)19-8-7-14(11-24)17-5-3-4-6-18(17)19/h3-9,12-13H,10H2,1-2H3,(H,26,27). The number of fused-ring (bicyclic) bond motifs is 2. The number of hydrogen-bond donors (Lipinski definition) is 1. The Bertz CT molecular complexity index is 1260. The fraction of sp³-hybridized carbons (Fsp3) is 0.174. The number of hydrogen-bond acceptors (Lipinski definition) is 4. The van der Waals surface area contributed by atoms with Crippen LogP contribution in [0.4, 0.5) is 0 Å². The fourth-order valence-electron chi connectivity index (χ4n) is 3.44. The molecule has 0 aliphatic carbocycles. The maximum Gasteiger partial charge on any atom is 0.309 e. The third kappa shape index (κ3) is 3.02. The largest absolute Gasteiger partial charge is 0.481 e. The average molecular weight is 386 g/mol. The maximum atomic E-state index is 11.5. The third-order valence-corrected chi connectivity index (χ3v) is 6.19. The zero-order valence-electron chi connectivity index (χ0n) is 15.6. The molecule has 2 heterocycles. The second-order valence-electron chi connectivity index (χ2n) is 7.50. The smallest absolute Gasteiger partial charge is 0.309 e. The van der Waals surface area contributed by atoms with Gasteiger partial charge in [0.05, 0.1) is 17.0 Å². The normalized spacial score (nSPS) is 11.6.